The summed E-state index contributed by atoms with van der Waals surface area (Å²) in [7, 11) is -3.80. The van der Waals surface area contributed by atoms with E-state index in [-0.39, 0.29) is 31.2 Å². The van der Waals surface area contributed by atoms with Gasteiger partial charge in [0.15, 0.2) is 0 Å². The maximum atomic E-state index is 12.6. The van der Waals surface area contributed by atoms with E-state index in [1.165, 1.54) is 6.20 Å². The van der Waals surface area contributed by atoms with Gasteiger partial charge in [-0.3, -0.25) is 4.68 Å². The van der Waals surface area contributed by atoms with E-state index in [0.29, 0.717) is 12.2 Å². The Hall–Kier alpha value is -1.74. The van der Waals surface area contributed by atoms with Crippen LogP contribution in [0.5, 0.6) is 0 Å². The van der Waals surface area contributed by atoms with Crippen molar-refractivity contribution >= 4 is 10.0 Å². The van der Waals surface area contributed by atoms with Gasteiger partial charge < -0.3 is 10.2 Å². The Kier molecular flexibility index (Phi) is 5.89. The van der Waals surface area contributed by atoms with E-state index in [1.807, 2.05) is 30.3 Å². The Balaban J connectivity index is 2.28. The van der Waals surface area contributed by atoms with Crippen LogP contribution in [0, 0.1) is 6.92 Å². The van der Waals surface area contributed by atoms with Gasteiger partial charge in [-0.05, 0) is 12.5 Å². The fourth-order valence-corrected chi connectivity index (χ4v) is 3.91. The second-order valence-electron chi connectivity index (χ2n) is 5.11. The highest BCUT2D eigenvalue weighted by molar-refractivity contribution is 7.89. The molecule has 0 unspecified atom stereocenters. The Morgan fingerprint density at radius 1 is 1.13 bits per heavy atom. The normalized spacial score (nSPS) is 12.0. The second kappa shape index (κ2) is 7.69. The van der Waals surface area contributed by atoms with E-state index in [2.05, 4.69) is 5.10 Å². The molecule has 0 saturated heterocycles. The third kappa shape index (κ3) is 4.17. The van der Waals surface area contributed by atoms with Gasteiger partial charge in [0.2, 0.25) is 10.0 Å². The highest BCUT2D eigenvalue weighted by Crippen LogP contribution is 2.19. The van der Waals surface area contributed by atoms with Gasteiger partial charge in [-0.15, -0.1) is 0 Å². The van der Waals surface area contributed by atoms with Gasteiger partial charge >= 0.3 is 0 Å². The van der Waals surface area contributed by atoms with Gasteiger partial charge in [0.25, 0.3) is 0 Å². The van der Waals surface area contributed by atoms with Crippen LogP contribution in [-0.2, 0) is 16.6 Å². The molecular formula is C15H21N3O4S. The molecule has 1 heterocycles. The van der Waals surface area contributed by atoms with E-state index in [1.54, 1.807) is 11.6 Å². The number of aryl methyl sites for hydroxylation is 1. The maximum absolute atomic E-state index is 12.6. The molecule has 0 saturated carbocycles. The number of sulfonamides is 1. The van der Waals surface area contributed by atoms with E-state index >= 15 is 0 Å². The summed E-state index contributed by atoms with van der Waals surface area (Å²) < 4.78 is 27.9. The lowest BCUT2D eigenvalue weighted by atomic mass is 10.2. The number of aliphatic hydroxyl groups is 2. The van der Waals surface area contributed by atoms with Crippen molar-refractivity contribution in [3.63, 3.8) is 0 Å². The molecule has 0 radical (unpaired) electrons. The average molecular weight is 339 g/mol. The van der Waals surface area contributed by atoms with Crippen LogP contribution in [0.4, 0.5) is 0 Å². The number of hydrogen-bond acceptors (Lipinski definition) is 5. The zero-order valence-electron chi connectivity index (χ0n) is 13.0. The molecule has 126 valence electrons. The molecule has 0 aliphatic heterocycles. The Morgan fingerprint density at radius 2 is 1.74 bits per heavy atom. The topological polar surface area (TPSA) is 95.7 Å². The number of rotatable bonds is 8. The summed E-state index contributed by atoms with van der Waals surface area (Å²) in [6, 6.07) is 9.61. The van der Waals surface area contributed by atoms with Gasteiger partial charge in [-0.25, -0.2) is 8.42 Å². The lowest BCUT2D eigenvalue weighted by Gasteiger charge is -2.19. The highest BCUT2D eigenvalue weighted by atomic mass is 32.2. The van der Waals surface area contributed by atoms with Crippen LogP contribution in [0.1, 0.15) is 11.3 Å². The second-order valence-corrected chi connectivity index (χ2v) is 7.02. The summed E-state index contributed by atoms with van der Waals surface area (Å²) in [5, 5.41) is 22.3. The van der Waals surface area contributed by atoms with Crippen LogP contribution in [0.2, 0.25) is 0 Å². The standard InChI is InChI=1S/C15H21N3O4S/c1-13-15(23(21,22)18(7-9-19)8-10-20)12-17(16-13)11-14-5-3-2-4-6-14/h2-6,12,19-20H,7-11H2,1H3. The van der Waals surface area contributed by atoms with Gasteiger partial charge in [0.05, 0.1) is 25.5 Å². The van der Waals surface area contributed by atoms with Crippen molar-refractivity contribution in [2.75, 3.05) is 26.3 Å². The molecule has 2 N–H and O–H groups in total. The van der Waals surface area contributed by atoms with E-state index in [4.69, 9.17) is 10.2 Å². The van der Waals surface area contributed by atoms with Gasteiger partial charge in [0, 0.05) is 19.3 Å². The van der Waals surface area contributed by atoms with E-state index in [9.17, 15) is 8.42 Å². The van der Waals surface area contributed by atoms with Crippen molar-refractivity contribution in [2.45, 2.75) is 18.4 Å². The summed E-state index contributed by atoms with van der Waals surface area (Å²) in [6.07, 6.45) is 1.49. The third-order valence-electron chi connectivity index (χ3n) is 3.41. The Bertz CT molecular complexity index is 722. The van der Waals surface area contributed by atoms with Crippen LogP contribution < -0.4 is 0 Å². The molecule has 2 rings (SSSR count). The lowest BCUT2D eigenvalue weighted by molar-refractivity contribution is 0.217. The molecule has 7 nitrogen and oxygen atoms in total. The van der Waals surface area contributed by atoms with Crippen LogP contribution in [-0.4, -0.2) is 59.0 Å². The van der Waals surface area contributed by atoms with Crippen molar-refractivity contribution < 1.29 is 18.6 Å². The molecule has 0 atom stereocenters. The minimum Gasteiger partial charge on any atom is -0.395 e. The van der Waals surface area contributed by atoms with Crippen molar-refractivity contribution in [2.24, 2.45) is 0 Å². The average Bonchev–Trinajstić information content (AvgIpc) is 2.89. The molecule has 1 aromatic carbocycles. The molecule has 0 bridgehead atoms. The number of benzene rings is 1. The number of aromatic nitrogens is 2. The van der Waals surface area contributed by atoms with Crippen molar-refractivity contribution in [3.05, 3.63) is 47.8 Å². The molecule has 8 heteroatoms. The summed E-state index contributed by atoms with van der Waals surface area (Å²) >= 11 is 0. The first-order valence-electron chi connectivity index (χ1n) is 7.29. The number of nitrogens with zero attached hydrogens (tertiary/aromatic N) is 3. The summed E-state index contributed by atoms with van der Waals surface area (Å²) in [4.78, 5) is 0.0929. The fraction of sp³-hybridized carbons (Fsp3) is 0.400. The first kappa shape index (κ1) is 17.6. The zero-order chi connectivity index (χ0) is 16.9. The van der Waals surface area contributed by atoms with Crippen LogP contribution in [0.3, 0.4) is 0 Å². The van der Waals surface area contributed by atoms with Crippen LogP contribution >= 0.6 is 0 Å². The maximum Gasteiger partial charge on any atom is 0.246 e. The molecule has 0 aliphatic rings. The Labute approximate surface area is 135 Å². The van der Waals surface area contributed by atoms with Crippen molar-refractivity contribution in [1.29, 1.82) is 0 Å². The van der Waals surface area contributed by atoms with E-state index < -0.39 is 10.0 Å². The molecular weight excluding hydrogens is 318 g/mol. The number of hydrogen-bond donors (Lipinski definition) is 2. The highest BCUT2D eigenvalue weighted by Gasteiger charge is 2.27. The monoisotopic (exact) mass is 339 g/mol. The van der Waals surface area contributed by atoms with E-state index in [0.717, 1.165) is 9.87 Å². The van der Waals surface area contributed by atoms with Crippen molar-refractivity contribution in [3.8, 4) is 0 Å². The zero-order valence-corrected chi connectivity index (χ0v) is 13.8. The molecule has 0 amide bonds. The minimum atomic E-state index is -3.80. The predicted molar refractivity (Wildman–Crippen MR) is 85.4 cm³/mol. The van der Waals surface area contributed by atoms with Crippen molar-refractivity contribution in [1.82, 2.24) is 14.1 Å². The van der Waals surface area contributed by atoms with Gasteiger partial charge in [0.1, 0.15) is 4.90 Å². The Morgan fingerprint density at radius 3 is 2.30 bits per heavy atom. The quantitative estimate of drug-likeness (QED) is 0.717. The first-order chi connectivity index (χ1) is 11.0. The van der Waals surface area contributed by atoms with Gasteiger partial charge in [-0.1, -0.05) is 30.3 Å². The lowest BCUT2D eigenvalue weighted by Crippen LogP contribution is -2.36. The first-order valence-corrected chi connectivity index (χ1v) is 8.73. The minimum absolute atomic E-state index is 0.0633. The summed E-state index contributed by atoms with van der Waals surface area (Å²) in [6.45, 7) is 1.35. The smallest absolute Gasteiger partial charge is 0.246 e. The summed E-state index contributed by atoms with van der Waals surface area (Å²) in [5.74, 6) is 0. The molecule has 1 aromatic heterocycles. The molecule has 0 aliphatic carbocycles. The SMILES string of the molecule is Cc1nn(Cc2ccccc2)cc1S(=O)(=O)N(CCO)CCO. The molecule has 0 spiro atoms. The molecule has 23 heavy (non-hydrogen) atoms. The van der Waals surface area contributed by atoms with Crippen LogP contribution in [0.25, 0.3) is 0 Å². The summed E-state index contributed by atoms with van der Waals surface area (Å²) in [5.41, 5.74) is 1.41. The van der Waals surface area contributed by atoms with Crippen LogP contribution in [0.15, 0.2) is 41.4 Å². The number of aliphatic hydroxyl groups excluding tert-OH is 2. The predicted octanol–water partition coefficient (Wildman–Crippen LogP) is 0.215. The largest absolute Gasteiger partial charge is 0.395 e. The third-order valence-corrected chi connectivity index (χ3v) is 5.41. The van der Waals surface area contributed by atoms with Gasteiger partial charge in [-0.2, -0.15) is 9.40 Å². The molecule has 2 aromatic rings. The fourth-order valence-electron chi connectivity index (χ4n) is 2.32. The molecule has 0 fully saturated rings.